The lowest BCUT2D eigenvalue weighted by Crippen LogP contribution is -2.32. The topological polar surface area (TPSA) is 60.7 Å². The van der Waals surface area contributed by atoms with Crippen molar-refractivity contribution in [3.8, 4) is 5.75 Å². The van der Waals surface area contributed by atoms with E-state index < -0.39 is 7.12 Å². The maximum atomic E-state index is 9.29. The highest BCUT2D eigenvalue weighted by molar-refractivity contribution is 6.59. The standard InChI is InChI=1S/C10H11BO3/c1-3-7-5-8(12)6-10(11(13)14)9(7)4-2/h3-6,12-14H,1-2H2. The summed E-state index contributed by atoms with van der Waals surface area (Å²) in [5, 5.41) is 27.4. The average molecular weight is 190 g/mol. The van der Waals surface area contributed by atoms with Crippen molar-refractivity contribution in [2.75, 3.05) is 0 Å². The van der Waals surface area contributed by atoms with Crippen LogP contribution in [0.4, 0.5) is 0 Å². The summed E-state index contributed by atoms with van der Waals surface area (Å²) in [6.45, 7) is 7.12. The van der Waals surface area contributed by atoms with Gasteiger partial charge in [0.1, 0.15) is 5.75 Å². The predicted octanol–water partition coefficient (Wildman–Crippen LogP) is 0.358. The first kappa shape index (κ1) is 10.6. The molecule has 3 N–H and O–H groups in total. The van der Waals surface area contributed by atoms with Crippen LogP contribution in [0.2, 0.25) is 0 Å². The Kier molecular flexibility index (Phi) is 3.12. The van der Waals surface area contributed by atoms with Crippen molar-refractivity contribution in [2.24, 2.45) is 0 Å². The summed E-state index contributed by atoms with van der Waals surface area (Å²) < 4.78 is 0. The van der Waals surface area contributed by atoms with E-state index >= 15 is 0 Å². The SMILES string of the molecule is C=Cc1cc(O)cc(B(O)O)c1C=C. The highest BCUT2D eigenvalue weighted by Gasteiger charge is 2.17. The Hall–Kier alpha value is -1.52. The minimum atomic E-state index is -1.63. The third kappa shape index (κ3) is 1.87. The van der Waals surface area contributed by atoms with E-state index in [0.717, 1.165) is 0 Å². The molecule has 0 bridgehead atoms. The third-order valence-corrected chi connectivity index (χ3v) is 1.93. The van der Waals surface area contributed by atoms with Crippen molar-refractivity contribution in [2.45, 2.75) is 0 Å². The quantitative estimate of drug-likeness (QED) is 0.603. The van der Waals surface area contributed by atoms with Crippen LogP contribution in [0.25, 0.3) is 12.2 Å². The van der Waals surface area contributed by atoms with Crippen LogP contribution in [0, 0.1) is 0 Å². The van der Waals surface area contributed by atoms with Gasteiger partial charge in [-0.1, -0.05) is 25.3 Å². The van der Waals surface area contributed by atoms with Gasteiger partial charge in [0.05, 0.1) is 0 Å². The van der Waals surface area contributed by atoms with Gasteiger partial charge in [-0.3, -0.25) is 0 Å². The van der Waals surface area contributed by atoms with Crippen LogP contribution in [0.5, 0.6) is 5.75 Å². The van der Waals surface area contributed by atoms with Crippen LogP contribution >= 0.6 is 0 Å². The number of aromatic hydroxyl groups is 1. The lowest BCUT2D eigenvalue weighted by molar-refractivity contribution is 0.424. The lowest BCUT2D eigenvalue weighted by atomic mass is 9.75. The number of benzene rings is 1. The van der Waals surface area contributed by atoms with Crippen LogP contribution < -0.4 is 5.46 Å². The van der Waals surface area contributed by atoms with Gasteiger partial charge < -0.3 is 15.2 Å². The molecule has 3 nitrogen and oxygen atoms in total. The third-order valence-electron chi connectivity index (χ3n) is 1.93. The van der Waals surface area contributed by atoms with Gasteiger partial charge in [0.25, 0.3) is 0 Å². The second-order valence-corrected chi connectivity index (χ2v) is 2.82. The first-order valence-corrected chi connectivity index (χ1v) is 4.08. The number of rotatable bonds is 3. The summed E-state index contributed by atoms with van der Waals surface area (Å²) >= 11 is 0. The van der Waals surface area contributed by atoms with E-state index in [1.807, 2.05) is 0 Å². The highest BCUT2D eigenvalue weighted by atomic mass is 16.4. The van der Waals surface area contributed by atoms with Crippen molar-refractivity contribution in [1.82, 2.24) is 0 Å². The van der Waals surface area contributed by atoms with Crippen LogP contribution in [0.3, 0.4) is 0 Å². The van der Waals surface area contributed by atoms with Gasteiger partial charge in [-0.15, -0.1) is 0 Å². The van der Waals surface area contributed by atoms with Crippen molar-refractivity contribution >= 4 is 24.7 Å². The number of phenolic OH excluding ortho intramolecular Hbond substituents is 1. The summed E-state index contributed by atoms with van der Waals surface area (Å²) in [7, 11) is -1.63. The Morgan fingerprint density at radius 1 is 1.14 bits per heavy atom. The van der Waals surface area contributed by atoms with Gasteiger partial charge in [0.2, 0.25) is 0 Å². The molecule has 0 aliphatic heterocycles. The first-order valence-electron chi connectivity index (χ1n) is 4.08. The number of hydrogen-bond donors (Lipinski definition) is 3. The first-order chi connectivity index (χ1) is 6.60. The van der Waals surface area contributed by atoms with Crippen molar-refractivity contribution < 1.29 is 15.2 Å². The van der Waals surface area contributed by atoms with E-state index in [-0.39, 0.29) is 11.2 Å². The molecule has 0 saturated carbocycles. The van der Waals surface area contributed by atoms with Gasteiger partial charge in [-0.2, -0.15) is 0 Å². The molecule has 72 valence electrons. The molecule has 0 fully saturated rings. The Labute approximate surface area is 82.8 Å². The van der Waals surface area contributed by atoms with Crippen molar-refractivity contribution in [1.29, 1.82) is 0 Å². The molecule has 0 atom stereocenters. The number of phenols is 1. The van der Waals surface area contributed by atoms with Gasteiger partial charge in [0.15, 0.2) is 0 Å². The Balaban J connectivity index is 3.46. The van der Waals surface area contributed by atoms with Gasteiger partial charge >= 0.3 is 7.12 Å². The largest absolute Gasteiger partial charge is 0.508 e. The van der Waals surface area contributed by atoms with Crippen molar-refractivity contribution in [3.63, 3.8) is 0 Å². The normalized spacial score (nSPS) is 9.57. The molecule has 1 aromatic carbocycles. The summed E-state index contributed by atoms with van der Waals surface area (Å²) in [6.07, 6.45) is 3.01. The zero-order valence-electron chi connectivity index (χ0n) is 7.64. The van der Waals surface area contributed by atoms with Crippen LogP contribution in [-0.4, -0.2) is 22.3 Å². The molecule has 0 aliphatic rings. The monoisotopic (exact) mass is 190 g/mol. The minimum Gasteiger partial charge on any atom is -0.508 e. The fourth-order valence-corrected chi connectivity index (χ4v) is 1.30. The molecular weight excluding hydrogens is 179 g/mol. The molecular formula is C10H11BO3. The molecule has 0 radical (unpaired) electrons. The molecule has 14 heavy (non-hydrogen) atoms. The molecule has 0 heterocycles. The van der Waals surface area contributed by atoms with Gasteiger partial charge in [-0.25, -0.2) is 0 Å². The van der Waals surface area contributed by atoms with E-state index in [4.69, 9.17) is 10.0 Å². The zero-order chi connectivity index (χ0) is 10.7. The molecule has 0 unspecified atom stereocenters. The molecule has 4 heteroatoms. The van der Waals surface area contributed by atoms with Crippen molar-refractivity contribution in [3.05, 3.63) is 36.4 Å². The molecule has 0 aliphatic carbocycles. The van der Waals surface area contributed by atoms with E-state index in [1.54, 1.807) is 0 Å². The predicted molar refractivity (Wildman–Crippen MR) is 58.1 cm³/mol. The summed E-state index contributed by atoms with van der Waals surface area (Å²) in [4.78, 5) is 0. The highest BCUT2D eigenvalue weighted by Crippen LogP contribution is 2.17. The zero-order valence-corrected chi connectivity index (χ0v) is 7.64. The van der Waals surface area contributed by atoms with Crippen LogP contribution in [-0.2, 0) is 0 Å². The Bertz CT molecular complexity index is 372. The smallest absolute Gasteiger partial charge is 0.489 e. The lowest BCUT2D eigenvalue weighted by Gasteiger charge is -2.09. The summed E-state index contributed by atoms with van der Waals surface area (Å²) in [6, 6.07) is 2.77. The summed E-state index contributed by atoms with van der Waals surface area (Å²) in [5.74, 6) is -0.0337. The van der Waals surface area contributed by atoms with Gasteiger partial charge in [0, 0.05) is 0 Å². The molecule has 1 rings (SSSR count). The molecule has 0 spiro atoms. The fourth-order valence-electron chi connectivity index (χ4n) is 1.30. The average Bonchev–Trinajstić information content (AvgIpc) is 2.16. The minimum absolute atomic E-state index is 0.0337. The van der Waals surface area contributed by atoms with Gasteiger partial charge in [-0.05, 0) is 28.7 Å². The fraction of sp³-hybridized carbons (Fsp3) is 0. The molecule has 1 aromatic rings. The maximum Gasteiger partial charge on any atom is 0.489 e. The van der Waals surface area contributed by atoms with E-state index in [1.165, 1.54) is 24.3 Å². The Morgan fingerprint density at radius 2 is 1.79 bits per heavy atom. The Morgan fingerprint density at radius 3 is 2.21 bits per heavy atom. The maximum absolute atomic E-state index is 9.29. The van der Waals surface area contributed by atoms with E-state index in [0.29, 0.717) is 11.1 Å². The molecule has 0 aromatic heterocycles. The molecule has 0 saturated heterocycles. The second kappa shape index (κ2) is 4.13. The van der Waals surface area contributed by atoms with Crippen LogP contribution in [0.1, 0.15) is 11.1 Å². The molecule has 0 amide bonds. The van der Waals surface area contributed by atoms with E-state index in [2.05, 4.69) is 13.2 Å². The number of hydrogen-bond acceptors (Lipinski definition) is 3. The summed E-state index contributed by atoms with van der Waals surface area (Å²) in [5.41, 5.74) is 1.39. The van der Waals surface area contributed by atoms with E-state index in [9.17, 15) is 5.11 Å². The van der Waals surface area contributed by atoms with Crippen LogP contribution in [0.15, 0.2) is 25.3 Å². The second-order valence-electron chi connectivity index (χ2n) is 2.82.